The Balaban J connectivity index is 2.40. The van der Waals surface area contributed by atoms with Crippen molar-refractivity contribution < 1.29 is 13.2 Å². The molecule has 1 atom stereocenters. The molecule has 0 aliphatic heterocycles. The van der Waals surface area contributed by atoms with E-state index >= 15 is 0 Å². The molecule has 9 heteroatoms. The number of benzene rings is 2. The number of anilines is 2. The maximum atomic E-state index is 12.7. The summed E-state index contributed by atoms with van der Waals surface area (Å²) in [6.45, 7) is 1.72. The minimum Gasteiger partial charge on any atom is -0.324 e. The van der Waals surface area contributed by atoms with Gasteiger partial charge in [-0.25, -0.2) is 8.42 Å². The number of rotatable bonds is 6. The number of halogens is 3. The lowest BCUT2D eigenvalue weighted by molar-refractivity contribution is -0.117. The second kappa shape index (κ2) is 8.48. The van der Waals surface area contributed by atoms with Crippen LogP contribution in [0.15, 0.2) is 42.5 Å². The molecule has 0 unspecified atom stereocenters. The van der Waals surface area contributed by atoms with Crippen LogP contribution in [0.5, 0.6) is 0 Å². The minimum absolute atomic E-state index is 0.225. The number of carbonyl (C=O) groups is 1. The van der Waals surface area contributed by atoms with E-state index in [1.807, 2.05) is 0 Å². The van der Waals surface area contributed by atoms with E-state index in [0.717, 1.165) is 10.6 Å². The summed E-state index contributed by atoms with van der Waals surface area (Å²) in [5.74, 6) is -0.476. The summed E-state index contributed by atoms with van der Waals surface area (Å²) in [4.78, 5) is 12.7. The first-order chi connectivity index (χ1) is 12.1. The van der Waals surface area contributed by atoms with Gasteiger partial charge in [0.05, 0.1) is 11.9 Å². The largest absolute Gasteiger partial charge is 0.324 e. The maximum Gasteiger partial charge on any atom is 0.248 e. The zero-order valence-electron chi connectivity index (χ0n) is 14.0. The van der Waals surface area contributed by atoms with Crippen molar-refractivity contribution in [1.29, 1.82) is 0 Å². The molecule has 2 aromatic rings. The molecule has 26 heavy (non-hydrogen) atoms. The van der Waals surface area contributed by atoms with Crippen LogP contribution in [0.2, 0.25) is 15.1 Å². The molecule has 0 heterocycles. The van der Waals surface area contributed by atoms with Gasteiger partial charge >= 0.3 is 0 Å². The lowest BCUT2D eigenvalue weighted by atomic mass is 10.2. The highest BCUT2D eigenvalue weighted by atomic mass is 35.5. The van der Waals surface area contributed by atoms with Crippen molar-refractivity contribution >= 4 is 62.1 Å². The standard InChI is InChI=1S/C17H17Cl3N2O3S/c1-3-16(17(23)21-14-6-4-11(18)5-7-14)22(26(2,24)25)15-9-12(19)8-13(20)10-15/h4-10,16H,3H2,1-2H3,(H,21,23)/t16-/m0/s1. The maximum absolute atomic E-state index is 12.7. The van der Waals surface area contributed by atoms with Gasteiger partial charge in [0.25, 0.3) is 0 Å². The van der Waals surface area contributed by atoms with Crippen LogP contribution in [0.1, 0.15) is 13.3 Å². The van der Waals surface area contributed by atoms with Crippen molar-refractivity contribution in [1.82, 2.24) is 0 Å². The summed E-state index contributed by atoms with van der Waals surface area (Å²) < 4.78 is 25.8. The lowest BCUT2D eigenvalue weighted by Gasteiger charge is -2.30. The highest BCUT2D eigenvalue weighted by Gasteiger charge is 2.32. The second-order valence-electron chi connectivity index (χ2n) is 5.61. The number of nitrogens with zero attached hydrogens (tertiary/aromatic N) is 1. The van der Waals surface area contributed by atoms with E-state index < -0.39 is 22.0 Å². The van der Waals surface area contributed by atoms with E-state index in [-0.39, 0.29) is 22.2 Å². The second-order valence-corrected chi connectivity index (χ2v) is 8.78. The predicted octanol–water partition coefficient (Wildman–Crippen LogP) is 4.83. The molecule has 2 rings (SSSR count). The highest BCUT2D eigenvalue weighted by Crippen LogP contribution is 2.29. The summed E-state index contributed by atoms with van der Waals surface area (Å²) >= 11 is 17.8. The van der Waals surface area contributed by atoms with Crippen LogP contribution in [0.4, 0.5) is 11.4 Å². The quantitative estimate of drug-likeness (QED) is 0.706. The molecular weight excluding hydrogens is 419 g/mol. The number of nitrogens with one attached hydrogen (secondary N) is 1. The Morgan fingerprint density at radius 2 is 1.58 bits per heavy atom. The zero-order valence-corrected chi connectivity index (χ0v) is 17.1. The average Bonchev–Trinajstić information content (AvgIpc) is 2.52. The van der Waals surface area contributed by atoms with E-state index in [1.165, 1.54) is 18.2 Å². The summed E-state index contributed by atoms with van der Waals surface area (Å²) in [7, 11) is -3.77. The Kier molecular flexibility index (Phi) is 6.80. The third-order valence-electron chi connectivity index (χ3n) is 3.54. The third-order valence-corrected chi connectivity index (χ3v) is 5.41. The fourth-order valence-corrected chi connectivity index (χ4v) is 4.32. The zero-order chi connectivity index (χ0) is 19.5. The Bertz CT molecular complexity index is 882. The van der Waals surface area contributed by atoms with Crippen LogP contribution in [0.3, 0.4) is 0 Å². The Hall–Kier alpha value is -1.47. The number of carbonyl (C=O) groups excluding carboxylic acids is 1. The van der Waals surface area contributed by atoms with Crippen LogP contribution in [-0.4, -0.2) is 26.6 Å². The highest BCUT2D eigenvalue weighted by molar-refractivity contribution is 7.92. The topological polar surface area (TPSA) is 66.5 Å². The van der Waals surface area contributed by atoms with E-state index in [2.05, 4.69) is 5.32 Å². The van der Waals surface area contributed by atoms with Crippen molar-refractivity contribution in [2.75, 3.05) is 15.9 Å². The monoisotopic (exact) mass is 434 g/mol. The van der Waals surface area contributed by atoms with Crippen LogP contribution in [0, 0.1) is 0 Å². The van der Waals surface area contributed by atoms with Crippen molar-refractivity contribution in [3.8, 4) is 0 Å². The molecule has 0 spiro atoms. The molecule has 1 amide bonds. The van der Waals surface area contributed by atoms with E-state index in [4.69, 9.17) is 34.8 Å². The van der Waals surface area contributed by atoms with Gasteiger partial charge in [0.15, 0.2) is 0 Å². The minimum atomic E-state index is -3.77. The van der Waals surface area contributed by atoms with E-state index in [9.17, 15) is 13.2 Å². The summed E-state index contributed by atoms with van der Waals surface area (Å²) in [5, 5.41) is 3.78. The van der Waals surface area contributed by atoms with Gasteiger partial charge in [-0.1, -0.05) is 41.7 Å². The first-order valence-electron chi connectivity index (χ1n) is 7.63. The van der Waals surface area contributed by atoms with Gasteiger partial charge in [-0.05, 0) is 48.9 Å². The molecule has 0 fully saturated rings. The van der Waals surface area contributed by atoms with Crippen molar-refractivity contribution in [3.05, 3.63) is 57.5 Å². The number of hydrogen-bond donors (Lipinski definition) is 1. The molecule has 0 radical (unpaired) electrons. The van der Waals surface area contributed by atoms with Gasteiger partial charge < -0.3 is 5.32 Å². The number of sulfonamides is 1. The van der Waals surface area contributed by atoms with Crippen LogP contribution >= 0.6 is 34.8 Å². The Labute approximate surface area is 167 Å². The van der Waals surface area contributed by atoms with Gasteiger partial charge in [0.1, 0.15) is 6.04 Å². The first-order valence-corrected chi connectivity index (χ1v) is 10.6. The van der Waals surface area contributed by atoms with Gasteiger partial charge in [-0.15, -0.1) is 0 Å². The van der Waals surface area contributed by atoms with Crippen molar-refractivity contribution in [2.45, 2.75) is 19.4 Å². The summed E-state index contributed by atoms with van der Waals surface area (Å²) in [6, 6.07) is 9.94. The van der Waals surface area contributed by atoms with Crippen molar-refractivity contribution in [3.63, 3.8) is 0 Å². The molecule has 0 aromatic heterocycles. The van der Waals surface area contributed by atoms with Crippen LogP contribution in [0.25, 0.3) is 0 Å². The van der Waals surface area contributed by atoms with Gasteiger partial charge in [0, 0.05) is 20.8 Å². The lowest BCUT2D eigenvalue weighted by Crippen LogP contribution is -2.47. The van der Waals surface area contributed by atoms with E-state index in [0.29, 0.717) is 10.7 Å². The van der Waals surface area contributed by atoms with Gasteiger partial charge in [-0.2, -0.15) is 0 Å². The van der Waals surface area contributed by atoms with Gasteiger partial charge in [-0.3, -0.25) is 9.10 Å². The number of hydrogen-bond acceptors (Lipinski definition) is 3. The normalized spacial score (nSPS) is 12.5. The molecule has 0 aliphatic rings. The fraction of sp³-hybridized carbons (Fsp3) is 0.235. The molecule has 0 bridgehead atoms. The molecule has 5 nitrogen and oxygen atoms in total. The molecule has 1 N–H and O–H groups in total. The SMILES string of the molecule is CC[C@@H](C(=O)Nc1ccc(Cl)cc1)N(c1cc(Cl)cc(Cl)c1)S(C)(=O)=O. The first kappa shape index (κ1) is 20.8. The fourth-order valence-electron chi connectivity index (χ4n) is 2.49. The Morgan fingerprint density at radius 1 is 1.04 bits per heavy atom. The smallest absolute Gasteiger partial charge is 0.248 e. The third kappa shape index (κ3) is 5.27. The van der Waals surface area contributed by atoms with E-state index in [1.54, 1.807) is 31.2 Å². The molecular formula is C17H17Cl3N2O3S. The van der Waals surface area contributed by atoms with Crippen molar-refractivity contribution in [2.24, 2.45) is 0 Å². The van der Waals surface area contributed by atoms with Gasteiger partial charge in [0.2, 0.25) is 15.9 Å². The molecule has 0 aliphatic carbocycles. The number of amides is 1. The molecule has 0 saturated carbocycles. The van der Waals surface area contributed by atoms with Crippen LogP contribution in [-0.2, 0) is 14.8 Å². The average molecular weight is 436 g/mol. The molecule has 0 saturated heterocycles. The predicted molar refractivity (Wildman–Crippen MR) is 108 cm³/mol. The molecule has 140 valence electrons. The summed E-state index contributed by atoms with van der Waals surface area (Å²) in [6.07, 6.45) is 1.27. The summed E-state index contributed by atoms with van der Waals surface area (Å²) in [5.41, 5.74) is 0.735. The molecule has 2 aromatic carbocycles. The van der Waals surface area contributed by atoms with Crippen LogP contribution < -0.4 is 9.62 Å². The Morgan fingerprint density at radius 3 is 2.04 bits per heavy atom.